The molecule has 2 aromatic rings. The largest absolute Gasteiger partial charge is 0.335 e. The summed E-state index contributed by atoms with van der Waals surface area (Å²) in [6, 6.07) is 14.2. The summed E-state index contributed by atoms with van der Waals surface area (Å²) >= 11 is 0. The molecule has 0 bridgehead atoms. The molecule has 1 atom stereocenters. The molecule has 3 rings (SSSR count). The summed E-state index contributed by atoms with van der Waals surface area (Å²) in [6.45, 7) is 3.54. The van der Waals surface area contributed by atoms with Crippen LogP contribution in [-0.4, -0.2) is 32.3 Å². The number of sulfonamides is 1. The topological polar surface area (TPSA) is 66.5 Å². The first kappa shape index (κ1) is 18.6. The highest BCUT2D eigenvalue weighted by Gasteiger charge is 2.29. The van der Waals surface area contributed by atoms with Crippen molar-refractivity contribution in [1.82, 2.24) is 9.62 Å². The highest BCUT2D eigenvalue weighted by molar-refractivity contribution is 7.89. The van der Waals surface area contributed by atoms with Gasteiger partial charge < -0.3 is 4.90 Å². The van der Waals surface area contributed by atoms with Crippen LogP contribution in [0.5, 0.6) is 0 Å². The lowest BCUT2D eigenvalue weighted by atomic mass is 10.1. The van der Waals surface area contributed by atoms with Crippen molar-refractivity contribution < 1.29 is 13.2 Å². The lowest BCUT2D eigenvalue weighted by molar-refractivity contribution is 0.0730. The first-order valence-electron chi connectivity index (χ1n) is 8.77. The van der Waals surface area contributed by atoms with Crippen LogP contribution in [0.4, 0.5) is 0 Å². The fourth-order valence-electron chi connectivity index (χ4n) is 3.44. The van der Waals surface area contributed by atoms with Crippen LogP contribution in [0.2, 0.25) is 0 Å². The Bertz CT molecular complexity index is 905. The molecule has 0 saturated carbocycles. The van der Waals surface area contributed by atoms with Crippen molar-refractivity contribution in [2.24, 2.45) is 0 Å². The molecule has 0 aromatic heterocycles. The number of fused-ring (bicyclic) bond motifs is 1. The fraction of sp³-hybridized carbons (Fsp3) is 0.350. The normalized spacial score (nSPS) is 16.5. The van der Waals surface area contributed by atoms with Crippen LogP contribution in [0.15, 0.2) is 53.4 Å². The number of nitrogens with zero attached hydrogens (tertiary/aromatic N) is 1. The molecule has 5 nitrogen and oxygen atoms in total. The van der Waals surface area contributed by atoms with Gasteiger partial charge in [-0.3, -0.25) is 4.79 Å². The van der Waals surface area contributed by atoms with Gasteiger partial charge in [0.05, 0.1) is 10.9 Å². The standard InChI is InChI=1S/C20H24N2O3S/c1-14(2)21-26(24,25)17-11-8-16(9-12-17)20(23)22(3)19-13-10-15-6-4-5-7-18(15)19/h4-9,11-12,14,19,21H,10,13H2,1-3H3/t19-/m1/s1. The van der Waals surface area contributed by atoms with Gasteiger partial charge in [-0.25, -0.2) is 13.1 Å². The van der Waals surface area contributed by atoms with E-state index in [0.717, 1.165) is 12.8 Å². The summed E-state index contributed by atoms with van der Waals surface area (Å²) in [4.78, 5) is 14.8. The van der Waals surface area contributed by atoms with Gasteiger partial charge in [-0.15, -0.1) is 0 Å². The van der Waals surface area contributed by atoms with E-state index in [4.69, 9.17) is 0 Å². The molecule has 2 aromatic carbocycles. The van der Waals surface area contributed by atoms with Crippen LogP contribution in [0.25, 0.3) is 0 Å². The molecular weight excluding hydrogens is 348 g/mol. The Kier molecular flexibility index (Phi) is 5.16. The second-order valence-corrected chi connectivity index (χ2v) is 8.68. The van der Waals surface area contributed by atoms with Crippen molar-refractivity contribution in [3.8, 4) is 0 Å². The maximum Gasteiger partial charge on any atom is 0.254 e. The van der Waals surface area contributed by atoms with E-state index in [1.807, 2.05) is 12.1 Å². The number of carbonyl (C=O) groups excluding carboxylic acids is 1. The Morgan fingerprint density at radius 1 is 1.12 bits per heavy atom. The molecule has 0 aliphatic heterocycles. The van der Waals surface area contributed by atoms with Gasteiger partial charge in [-0.2, -0.15) is 0 Å². The minimum atomic E-state index is -3.55. The van der Waals surface area contributed by atoms with E-state index in [2.05, 4.69) is 16.9 Å². The average Bonchev–Trinajstić information content (AvgIpc) is 3.03. The summed E-state index contributed by atoms with van der Waals surface area (Å²) in [6.07, 6.45) is 1.88. The van der Waals surface area contributed by atoms with Crippen molar-refractivity contribution in [3.63, 3.8) is 0 Å². The van der Waals surface area contributed by atoms with Crippen molar-refractivity contribution in [3.05, 3.63) is 65.2 Å². The molecule has 0 fully saturated rings. The monoisotopic (exact) mass is 372 g/mol. The van der Waals surface area contributed by atoms with Crippen LogP contribution in [0, 0.1) is 0 Å². The van der Waals surface area contributed by atoms with Crippen molar-refractivity contribution >= 4 is 15.9 Å². The molecule has 1 N–H and O–H groups in total. The van der Waals surface area contributed by atoms with Gasteiger partial charge in [0.1, 0.15) is 0 Å². The molecule has 1 aliphatic carbocycles. The van der Waals surface area contributed by atoms with Crippen LogP contribution in [0.1, 0.15) is 47.8 Å². The highest BCUT2D eigenvalue weighted by atomic mass is 32.2. The third-order valence-electron chi connectivity index (χ3n) is 4.69. The Balaban J connectivity index is 1.79. The number of nitrogens with one attached hydrogen (secondary N) is 1. The quantitative estimate of drug-likeness (QED) is 0.877. The lowest BCUT2D eigenvalue weighted by Gasteiger charge is -2.25. The molecule has 0 radical (unpaired) electrons. The Morgan fingerprint density at radius 2 is 1.77 bits per heavy atom. The Hall–Kier alpha value is -2.18. The van der Waals surface area contributed by atoms with E-state index in [-0.39, 0.29) is 22.9 Å². The van der Waals surface area contributed by atoms with E-state index in [1.54, 1.807) is 37.9 Å². The number of hydrogen-bond donors (Lipinski definition) is 1. The smallest absolute Gasteiger partial charge is 0.254 e. The summed E-state index contributed by atoms with van der Waals surface area (Å²) in [5.74, 6) is -0.104. The molecule has 138 valence electrons. The zero-order valence-corrected chi connectivity index (χ0v) is 16.1. The van der Waals surface area contributed by atoms with Gasteiger partial charge in [0.25, 0.3) is 5.91 Å². The summed E-state index contributed by atoms with van der Waals surface area (Å²) in [5.41, 5.74) is 2.97. The molecular formula is C20H24N2O3S. The van der Waals surface area contributed by atoms with Gasteiger partial charge in [-0.1, -0.05) is 24.3 Å². The van der Waals surface area contributed by atoms with E-state index < -0.39 is 10.0 Å². The second kappa shape index (κ2) is 7.21. The van der Waals surface area contributed by atoms with Crippen LogP contribution >= 0.6 is 0 Å². The number of aryl methyl sites for hydroxylation is 1. The van der Waals surface area contributed by atoms with Crippen LogP contribution < -0.4 is 4.72 Å². The van der Waals surface area contributed by atoms with Gasteiger partial charge in [0.15, 0.2) is 0 Å². The third kappa shape index (κ3) is 3.66. The van der Waals surface area contributed by atoms with E-state index in [1.165, 1.54) is 23.3 Å². The van der Waals surface area contributed by atoms with Crippen molar-refractivity contribution in [2.45, 2.75) is 43.7 Å². The maximum atomic E-state index is 12.8. The van der Waals surface area contributed by atoms with Gasteiger partial charge in [-0.05, 0) is 62.1 Å². The number of benzene rings is 2. The fourth-order valence-corrected chi connectivity index (χ4v) is 4.69. The number of rotatable bonds is 5. The zero-order valence-electron chi connectivity index (χ0n) is 15.3. The highest BCUT2D eigenvalue weighted by Crippen LogP contribution is 2.35. The minimum absolute atomic E-state index is 0.0599. The summed E-state index contributed by atoms with van der Waals surface area (Å²) in [5, 5.41) is 0. The Labute approximate surface area is 155 Å². The summed E-state index contributed by atoms with van der Waals surface area (Å²) in [7, 11) is -1.75. The first-order valence-corrected chi connectivity index (χ1v) is 10.3. The number of amides is 1. The van der Waals surface area contributed by atoms with Crippen LogP contribution in [0.3, 0.4) is 0 Å². The van der Waals surface area contributed by atoms with Gasteiger partial charge in [0, 0.05) is 18.7 Å². The molecule has 26 heavy (non-hydrogen) atoms. The first-order chi connectivity index (χ1) is 12.3. The minimum Gasteiger partial charge on any atom is -0.335 e. The van der Waals surface area contributed by atoms with Crippen molar-refractivity contribution in [1.29, 1.82) is 0 Å². The van der Waals surface area contributed by atoms with Gasteiger partial charge >= 0.3 is 0 Å². The molecule has 0 saturated heterocycles. The average molecular weight is 372 g/mol. The second-order valence-electron chi connectivity index (χ2n) is 6.97. The zero-order chi connectivity index (χ0) is 18.9. The van der Waals surface area contributed by atoms with E-state index >= 15 is 0 Å². The number of carbonyl (C=O) groups is 1. The van der Waals surface area contributed by atoms with E-state index in [9.17, 15) is 13.2 Å². The third-order valence-corrected chi connectivity index (χ3v) is 6.37. The lowest BCUT2D eigenvalue weighted by Crippen LogP contribution is -2.31. The predicted molar refractivity (Wildman–Crippen MR) is 101 cm³/mol. The maximum absolute atomic E-state index is 12.8. The summed E-state index contributed by atoms with van der Waals surface area (Å²) < 4.78 is 26.9. The van der Waals surface area contributed by atoms with Crippen molar-refractivity contribution in [2.75, 3.05) is 7.05 Å². The SMILES string of the molecule is CC(C)NS(=O)(=O)c1ccc(C(=O)N(C)[C@@H]2CCc3ccccc32)cc1. The molecule has 1 amide bonds. The Morgan fingerprint density at radius 3 is 2.42 bits per heavy atom. The predicted octanol–water partition coefficient (Wildman–Crippen LogP) is 3.13. The van der Waals surface area contributed by atoms with Gasteiger partial charge in [0.2, 0.25) is 10.0 Å². The van der Waals surface area contributed by atoms with E-state index in [0.29, 0.717) is 5.56 Å². The number of hydrogen-bond acceptors (Lipinski definition) is 3. The molecule has 0 spiro atoms. The molecule has 0 heterocycles. The van der Waals surface area contributed by atoms with Crippen LogP contribution in [-0.2, 0) is 16.4 Å². The molecule has 0 unspecified atom stereocenters. The molecule has 1 aliphatic rings. The molecule has 6 heteroatoms.